The van der Waals surface area contributed by atoms with Crippen molar-refractivity contribution in [2.45, 2.75) is 20.4 Å². The SMILES string of the molecule is CCn1c(=O)c(C(C)=NCCN2CCOCC2)c(O)c2ccccc21. The van der Waals surface area contributed by atoms with Crippen LogP contribution in [0.3, 0.4) is 0 Å². The van der Waals surface area contributed by atoms with Crippen molar-refractivity contribution in [3.05, 3.63) is 40.2 Å². The van der Waals surface area contributed by atoms with Gasteiger partial charge in [-0.2, -0.15) is 0 Å². The van der Waals surface area contributed by atoms with Crippen LogP contribution >= 0.6 is 0 Å². The van der Waals surface area contributed by atoms with Crippen molar-refractivity contribution >= 4 is 16.6 Å². The van der Waals surface area contributed by atoms with Gasteiger partial charge in [-0.15, -0.1) is 0 Å². The molecular weight excluding hydrogens is 318 g/mol. The molecule has 2 heterocycles. The molecule has 1 aromatic heterocycles. The van der Waals surface area contributed by atoms with Crippen LogP contribution in [0.1, 0.15) is 19.4 Å². The van der Waals surface area contributed by atoms with Crippen molar-refractivity contribution in [3.8, 4) is 5.75 Å². The van der Waals surface area contributed by atoms with E-state index in [2.05, 4.69) is 9.89 Å². The molecule has 1 fully saturated rings. The Hall–Kier alpha value is -2.18. The highest BCUT2D eigenvalue weighted by molar-refractivity contribution is 6.05. The highest BCUT2D eigenvalue weighted by Crippen LogP contribution is 2.26. The smallest absolute Gasteiger partial charge is 0.263 e. The number of aliphatic imine (C=N–C) groups is 1. The topological polar surface area (TPSA) is 67.1 Å². The first kappa shape index (κ1) is 17.6. The molecular formula is C19H25N3O3. The van der Waals surface area contributed by atoms with Crippen LogP contribution in [0.15, 0.2) is 34.1 Å². The van der Waals surface area contributed by atoms with Gasteiger partial charge in [0, 0.05) is 37.3 Å². The normalized spacial score (nSPS) is 16.5. The van der Waals surface area contributed by atoms with Gasteiger partial charge in [0.25, 0.3) is 5.56 Å². The molecule has 25 heavy (non-hydrogen) atoms. The molecule has 0 aliphatic carbocycles. The number of hydrogen-bond donors (Lipinski definition) is 1. The monoisotopic (exact) mass is 343 g/mol. The number of rotatable bonds is 5. The highest BCUT2D eigenvalue weighted by Gasteiger charge is 2.17. The van der Waals surface area contributed by atoms with Crippen LogP contribution in [0.5, 0.6) is 5.75 Å². The predicted molar refractivity (Wildman–Crippen MR) is 99.9 cm³/mol. The van der Waals surface area contributed by atoms with Crippen LogP contribution in [0.25, 0.3) is 10.9 Å². The van der Waals surface area contributed by atoms with Gasteiger partial charge in [0.2, 0.25) is 0 Å². The minimum atomic E-state index is -0.189. The molecule has 0 amide bonds. The fourth-order valence-electron chi connectivity index (χ4n) is 3.29. The summed E-state index contributed by atoms with van der Waals surface area (Å²) in [5.74, 6) is 0.0259. The van der Waals surface area contributed by atoms with Gasteiger partial charge in [-0.25, -0.2) is 0 Å². The number of aromatic nitrogens is 1. The third-order valence-electron chi connectivity index (χ3n) is 4.69. The van der Waals surface area contributed by atoms with Crippen molar-refractivity contribution in [1.82, 2.24) is 9.47 Å². The molecule has 0 spiro atoms. The van der Waals surface area contributed by atoms with Crippen molar-refractivity contribution in [2.75, 3.05) is 39.4 Å². The molecule has 1 N–H and O–H groups in total. The quantitative estimate of drug-likeness (QED) is 0.842. The fourth-order valence-corrected chi connectivity index (χ4v) is 3.29. The maximum atomic E-state index is 12.8. The number of fused-ring (bicyclic) bond motifs is 1. The lowest BCUT2D eigenvalue weighted by Gasteiger charge is -2.25. The second-order valence-electron chi connectivity index (χ2n) is 6.21. The molecule has 6 heteroatoms. The molecule has 0 saturated carbocycles. The summed E-state index contributed by atoms with van der Waals surface area (Å²) in [6, 6.07) is 7.42. The van der Waals surface area contributed by atoms with E-state index in [1.807, 2.05) is 31.2 Å². The van der Waals surface area contributed by atoms with E-state index in [-0.39, 0.29) is 11.3 Å². The van der Waals surface area contributed by atoms with Crippen LogP contribution in [0, 0.1) is 0 Å². The molecule has 1 saturated heterocycles. The summed E-state index contributed by atoms with van der Waals surface area (Å²) in [6.07, 6.45) is 0. The molecule has 1 aromatic carbocycles. The fraction of sp³-hybridized carbons (Fsp3) is 0.474. The lowest BCUT2D eigenvalue weighted by molar-refractivity contribution is 0.0394. The number of ether oxygens (including phenoxy) is 1. The van der Waals surface area contributed by atoms with E-state index in [0.29, 0.717) is 29.8 Å². The van der Waals surface area contributed by atoms with E-state index in [0.717, 1.165) is 38.4 Å². The van der Waals surface area contributed by atoms with Crippen LogP contribution in [0.2, 0.25) is 0 Å². The average Bonchev–Trinajstić information content (AvgIpc) is 2.63. The lowest BCUT2D eigenvalue weighted by atomic mass is 10.1. The van der Waals surface area contributed by atoms with Gasteiger partial charge in [-0.05, 0) is 26.0 Å². The van der Waals surface area contributed by atoms with Gasteiger partial charge in [-0.3, -0.25) is 14.7 Å². The van der Waals surface area contributed by atoms with Crippen molar-refractivity contribution in [1.29, 1.82) is 0 Å². The van der Waals surface area contributed by atoms with Crippen molar-refractivity contribution < 1.29 is 9.84 Å². The largest absolute Gasteiger partial charge is 0.506 e. The summed E-state index contributed by atoms with van der Waals surface area (Å²) in [5, 5.41) is 11.3. The minimum absolute atomic E-state index is 0.0259. The second-order valence-corrected chi connectivity index (χ2v) is 6.21. The molecule has 0 unspecified atom stereocenters. The Morgan fingerprint density at radius 3 is 2.72 bits per heavy atom. The number of nitrogens with zero attached hydrogens (tertiary/aromatic N) is 3. The molecule has 134 valence electrons. The maximum Gasteiger partial charge on any atom is 0.263 e. The van der Waals surface area contributed by atoms with Crippen molar-refractivity contribution in [2.24, 2.45) is 4.99 Å². The third kappa shape index (κ3) is 3.60. The first-order valence-corrected chi connectivity index (χ1v) is 8.79. The molecule has 0 atom stereocenters. The molecule has 0 radical (unpaired) electrons. The Bertz CT molecular complexity index is 836. The summed E-state index contributed by atoms with van der Waals surface area (Å²) < 4.78 is 7.03. The van der Waals surface area contributed by atoms with Crippen LogP contribution in [0.4, 0.5) is 0 Å². The van der Waals surface area contributed by atoms with E-state index in [4.69, 9.17) is 4.74 Å². The van der Waals surface area contributed by atoms with E-state index >= 15 is 0 Å². The molecule has 3 rings (SSSR count). The number of pyridine rings is 1. The zero-order valence-electron chi connectivity index (χ0n) is 14.9. The highest BCUT2D eigenvalue weighted by atomic mass is 16.5. The summed E-state index contributed by atoms with van der Waals surface area (Å²) in [4.78, 5) is 19.7. The Kier molecular flexibility index (Phi) is 5.50. The van der Waals surface area contributed by atoms with Gasteiger partial charge >= 0.3 is 0 Å². The van der Waals surface area contributed by atoms with Gasteiger partial charge in [0.05, 0.1) is 25.3 Å². The van der Waals surface area contributed by atoms with Crippen LogP contribution in [-0.4, -0.2) is 59.7 Å². The van der Waals surface area contributed by atoms with E-state index in [9.17, 15) is 9.90 Å². The van der Waals surface area contributed by atoms with Gasteiger partial charge in [-0.1, -0.05) is 12.1 Å². The van der Waals surface area contributed by atoms with Crippen molar-refractivity contribution in [3.63, 3.8) is 0 Å². The first-order valence-electron chi connectivity index (χ1n) is 8.79. The standard InChI is InChI=1S/C19H25N3O3/c1-3-22-16-7-5-4-6-15(16)18(23)17(19(22)24)14(2)20-8-9-21-10-12-25-13-11-21/h4-7,23H,3,8-13H2,1-2H3. The summed E-state index contributed by atoms with van der Waals surface area (Å²) in [5.41, 5.74) is 1.45. The summed E-state index contributed by atoms with van der Waals surface area (Å²) >= 11 is 0. The predicted octanol–water partition coefficient (Wildman–Crippen LogP) is 1.87. The summed E-state index contributed by atoms with van der Waals surface area (Å²) in [6.45, 7) is 9.06. The molecule has 0 bridgehead atoms. The zero-order valence-corrected chi connectivity index (χ0v) is 14.9. The third-order valence-corrected chi connectivity index (χ3v) is 4.69. The Morgan fingerprint density at radius 1 is 1.28 bits per heavy atom. The van der Waals surface area contributed by atoms with E-state index < -0.39 is 0 Å². The number of hydrogen-bond acceptors (Lipinski definition) is 5. The van der Waals surface area contributed by atoms with E-state index in [1.165, 1.54) is 0 Å². The number of aromatic hydroxyl groups is 1. The number of morpholine rings is 1. The maximum absolute atomic E-state index is 12.8. The molecule has 2 aromatic rings. The second kappa shape index (κ2) is 7.80. The van der Waals surface area contributed by atoms with Gasteiger partial charge < -0.3 is 14.4 Å². The average molecular weight is 343 g/mol. The first-order chi connectivity index (χ1) is 12.1. The lowest BCUT2D eigenvalue weighted by Crippen LogP contribution is -2.37. The van der Waals surface area contributed by atoms with Gasteiger partial charge in [0.15, 0.2) is 0 Å². The number of benzene rings is 1. The Balaban J connectivity index is 1.91. The summed E-state index contributed by atoms with van der Waals surface area (Å²) in [7, 11) is 0. The zero-order chi connectivity index (χ0) is 17.8. The van der Waals surface area contributed by atoms with E-state index in [1.54, 1.807) is 11.5 Å². The Labute approximate surface area is 147 Å². The van der Waals surface area contributed by atoms with Crippen LogP contribution < -0.4 is 5.56 Å². The Morgan fingerprint density at radius 2 is 2.00 bits per heavy atom. The molecule has 1 aliphatic rings. The molecule has 6 nitrogen and oxygen atoms in total. The van der Waals surface area contributed by atoms with Crippen LogP contribution in [-0.2, 0) is 11.3 Å². The minimum Gasteiger partial charge on any atom is -0.506 e. The molecule has 1 aliphatic heterocycles. The van der Waals surface area contributed by atoms with Gasteiger partial charge in [0.1, 0.15) is 11.3 Å². The number of aryl methyl sites for hydroxylation is 1. The number of para-hydroxylation sites is 1.